The molecule has 0 amide bonds. The Balaban J connectivity index is 1.43. The van der Waals surface area contributed by atoms with Gasteiger partial charge in [0.05, 0.1) is 11.9 Å². The molecule has 1 N–H and O–H groups in total. The summed E-state index contributed by atoms with van der Waals surface area (Å²) in [5, 5.41) is 3.71. The second kappa shape index (κ2) is 3.77. The van der Waals surface area contributed by atoms with Crippen molar-refractivity contribution in [1.29, 1.82) is 0 Å². The van der Waals surface area contributed by atoms with Crippen molar-refractivity contribution < 1.29 is 4.39 Å². The largest absolute Gasteiger partial charge is 0.305 e. The van der Waals surface area contributed by atoms with E-state index in [0.717, 1.165) is 29.4 Å². The number of hydrogen-bond donors (Lipinski definition) is 1. The highest BCUT2D eigenvalue weighted by molar-refractivity contribution is 5.19. The Morgan fingerprint density at radius 1 is 1.28 bits per heavy atom. The van der Waals surface area contributed by atoms with Crippen molar-refractivity contribution in [3.05, 3.63) is 29.8 Å². The molecule has 3 heteroatoms. The van der Waals surface area contributed by atoms with Gasteiger partial charge in [0.1, 0.15) is 5.82 Å². The Morgan fingerprint density at radius 2 is 2.00 bits per heavy atom. The van der Waals surface area contributed by atoms with Gasteiger partial charge in [-0.15, -0.1) is 0 Å². The number of nitrogens with zero attached hydrogens (tertiary/aromatic N) is 1. The maximum absolute atomic E-state index is 12.8. The third-order valence-electron chi connectivity index (χ3n) is 5.37. The highest BCUT2D eigenvalue weighted by Gasteiger charge is 2.64. The minimum Gasteiger partial charge on any atom is -0.305 e. The highest BCUT2D eigenvalue weighted by Crippen LogP contribution is 2.65. The van der Waals surface area contributed by atoms with Crippen LogP contribution >= 0.6 is 0 Å². The summed E-state index contributed by atoms with van der Waals surface area (Å²) in [4.78, 5) is 4.17. The molecule has 3 aliphatic rings. The molecule has 3 aliphatic carbocycles. The quantitative estimate of drug-likeness (QED) is 0.887. The molecule has 0 radical (unpaired) electrons. The number of nitrogens with one attached hydrogen (secondary N) is 1. The summed E-state index contributed by atoms with van der Waals surface area (Å²) < 4.78 is 12.8. The van der Waals surface area contributed by atoms with Crippen molar-refractivity contribution in [2.24, 2.45) is 23.7 Å². The molecule has 96 valence electrons. The van der Waals surface area contributed by atoms with Crippen LogP contribution in [0, 0.1) is 29.5 Å². The first kappa shape index (κ1) is 10.9. The first-order valence-corrected chi connectivity index (χ1v) is 7.11. The first-order chi connectivity index (χ1) is 8.74. The van der Waals surface area contributed by atoms with Gasteiger partial charge in [-0.3, -0.25) is 4.98 Å². The van der Waals surface area contributed by atoms with Crippen LogP contribution in [0.4, 0.5) is 4.39 Å². The average Bonchev–Trinajstić information content (AvgIpc) is 2.78. The van der Waals surface area contributed by atoms with E-state index >= 15 is 0 Å². The summed E-state index contributed by atoms with van der Waals surface area (Å²) >= 11 is 0. The number of fused-ring (bicyclic) bond motifs is 5. The molecule has 18 heavy (non-hydrogen) atoms. The molecule has 1 aromatic rings. The van der Waals surface area contributed by atoms with Gasteiger partial charge in [0, 0.05) is 12.1 Å². The van der Waals surface area contributed by atoms with Crippen LogP contribution in [-0.2, 0) is 0 Å². The van der Waals surface area contributed by atoms with Crippen LogP contribution in [0.5, 0.6) is 0 Å². The van der Waals surface area contributed by atoms with E-state index in [9.17, 15) is 4.39 Å². The summed E-state index contributed by atoms with van der Waals surface area (Å²) in [6.07, 6.45) is 5.70. The lowest BCUT2D eigenvalue weighted by Gasteiger charge is -2.16. The summed E-state index contributed by atoms with van der Waals surface area (Å²) in [6.45, 7) is 2.14. The maximum Gasteiger partial charge on any atom is 0.141 e. The number of aromatic nitrogens is 1. The van der Waals surface area contributed by atoms with E-state index < -0.39 is 0 Å². The van der Waals surface area contributed by atoms with Crippen LogP contribution in [0.15, 0.2) is 18.3 Å². The molecule has 2 nitrogen and oxygen atoms in total. The molecular formula is C15H19FN2. The van der Waals surface area contributed by atoms with Crippen molar-refractivity contribution in [2.75, 3.05) is 0 Å². The van der Waals surface area contributed by atoms with E-state index in [0.29, 0.717) is 6.04 Å². The molecule has 3 saturated carbocycles. The molecule has 5 atom stereocenters. The fourth-order valence-corrected chi connectivity index (χ4v) is 4.57. The SMILES string of the molecule is CC(NC1C2C3CCC(C3)C12)c1ccc(F)cn1. The van der Waals surface area contributed by atoms with E-state index in [1.54, 1.807) is 6.07 Å². The smallest absolute Gasteiger partial charge is 0.141 e. The number of rotatable bonds is 3. The molecule has 0 spiro atoms. The van der Waals surface area contributed by atoms with Crippen molar-refractivity contribution in [3.8, 4) is 0 Å². The summed E-state index contributed by atoms with van der Waals surface area (Å²) in [5.41, 5.74) is 0.953. The van der Waals surface area contributed by atoms with Gasteiger partial charge in [-0.25, -0.2) is 4.39 Å². The average molecular weight is 246 g/mol. The third-order valence-corrected chi connectivity index (χ3v) is 5.37. The first-order valence-electron chi connectivity index (χ1n) is 7.11. The molecule has 4 rings (SSSR count). The van der Waals surface area contributed by atoms with Crippen LogP contribution in [0.2, 0.25) is 0 Å². The molecular weight excluding hydrogens is 227 g/mol. The highest BCUT2D eigenvalue weighted by atomic mass is 19.1. The van der Waals surface area contributed by atoms with Crippen molar-refractivity contribution >= 4 is 0 Å². The van der Waals surface area contributed by atoms with Crippen molar-refractivity contribution in [2.45, 2.75) is 38.3 Å². The minimum atomic E-state index is -0.257. The third kappa shape index (κ3) is 1.53. The van der Waals surface area contributed by atoms with E-state index in [2.05, 4.69) is 17.2 Å². The van der Waals surface area contributed by atoms with Crippen molar-refractivity contribution in [1.82, 2.24) is 10.3 Å². The van der Waals surface area contributed by atoms with Crippen LogP contribution < -0.4 is 5.32 Å². The van der Waals surface area contributed by atoms with Gasteiger partial charge in [0.15, 0.2) is 0 Å². The van der Waals surface area contributed by atoms with Gasteiger partial charge in [-0.1, -0.05) is 0 Å². The molecule has 1 heterocycles. The Labute approximate surface area is 107 Å². The number of pyridine rings is 1. The topological polar surface area (TPSA) is 24.9 Å². The fourth-order valence-electron chi connectivity index (χ4n) is 4.57. The zero-order valence-corrected chi connectivity index (χ0v) is 10.6. The predicted octanol–water partition coefficient (Wildman–Crippen LogP) is 2.92. The van der Waals surface area contributed by atoms with Crippen LogP contribution in [0.1, 0.15) is 37.9 Å². The van der Waals surface area contributed by atoms with Gasteiger partial charge in [0.25, 0.3) is 0 Å². The predicted molar refractivity (Wildman–Crippen MR) is 67.3 cm³/mol. The monoisotopic (exact) mass is 246 g/mol. The zero-order valence-electron chi connectivity index (χ0n) is 10.6. The number of halogens is 1. The molecule has 0 aromatic carbocycles. The van der Waals surface area contributed by atoms with E-state index in [1.165, 1.54) is 31.5 Å². The van der Waals surface area contributed by atoms with Gasteiger partial charge in [0.2, 0.25) is 0 Å². The van der Waals surface area contributed by atoms with Crippen LogP contribution in [0.25, 0.3) is 0 Å². The molecule has 0 aliphatic heterocycles. The summed E-state index contributed by atoms with van der Waals surface area (Å²) in [6, 6.07) is 4.23. The number of hydrogen-bond acceptors (Lipinski definition) is 2. The van der Waals surface area contributed by atoms with Gasteiger partial charge in [-0.2, -0.15) is 0 Å². The lowest BCUT2D eigenvalue weighted by molar-refractivity contribution is 0.429. The molecule has 5 unspecified atom stereocenters. The molecule has 1 aromatic heterocycles. The standard InChI is InChI=1S/C15H19FN2/c1-8(12-5-4-11(16)7-17-12)18-15-13-9-2-3-10(6-9)14(13)15/h4-5,7-10,13-15,18H,2-3,6H2,1H3. The Morgan fingerprint density at radius 3 is 2.61 bits per heavy atom. The van der Waals surface area contributed by atoms with E-state index in [-0.39, 0.29) is 11.9 Å². The Bertz CT molecular complexity index is 442. The maximum atomic E-state index is 12.8. The lowest BCUT2D eigenvalue weighted by atomic mass is 10.0. The minimum absolute atomic E-state index is 0.237. The zero-order chi connectivity index (χ0) is 12.3. The normalized spacial score (nSPS) is 41.8. The molecule has 3 fully saturated rings. The summed E-state index contributed by atoms with van der Waals surface area (Å²) in [5.74, 6) is 3.60. The van der Waals surface area contributed by atoms with Gasteiger partial charge >= 0.3 is 0 Å². The van der Waals surface area contributed by atoms with E-state index in [1.807, 2.05) is 0 Å². The van der Waals surface area contributed by atoms with E-state index in [4.69, 9.17) is 0 Å². The van der Waals surface area contributed by atoms with Crippen LogP contribution in [-0.4, -0.2) is 11.0 Å². The molecule has 0 saturated heterocycles. The van der Waals surface area contributed by atoms with Gasteiger partial charge < -0.3 is 5.32 Å². The second-order valence-electron chi connectivity index (χ2n) is 6.30. The molecule has 2 bridgehead atoms. The summed E-state index contributed by atoms with van der Waals surface area (Å²) in [7, 11) is 0. The van der Waals surface area contributed by atoms with Crippen LogP contribution in [0.3, 0.4) is 0 Å². The fraction of sp³-hybridized carbons (Fsp3) is 0.667. The lowest BCUT2D eigenvalue weighted by Crippen LogP contribution is -2.26. The Hall–Kier alpha value is -0.960. The van der Waals surface area contributed by atoms with Gasteiger partial charge in [-0.05, 0) is 62.0 Å². The van der Waals surface area contributed by atoms with Crippen molar-refractivity contribution in [3.63, 3.8) is 0 Å². The Kier molecular flexibility index (Phi) is 2.28. The second-order valence-corrected chi connectivity index (χ2v) is 6.30.